The van der Waals surface area contributed by atoms with Crippen LogP contribution in [0, 0.1) is 19.8 Å². The number of nitrogens with zero attached hydrogens (tertiary/aromatic N) is 3. The van der Waals surface area contributed by atoms with Crippen LogP contribution in [0.5, 0.6) is 0 Å². The third-order valence-corrected chi connectivity index (χ3v) is 4.87. The van der Waals surface area contributed by atoms with Crippen molar-refractivity contribution in [2.75, 3.05) is 13.1 Å². The average molecular weight is 327 g/mol. The summed E-state index contributed by atoms with van der Waals surface area (Å²) < 4.78 is 2.10. The number of hydrogen-bond donors (Lipinski definition) is 0. The Labute approximate surface area is 145 Å². The number of aromatic nitrogens is 2. The van der Waals surface area contributed by atoms with E-state index in [0.717, 1.165) is 48.6 Å². The average Bonchev–Trinajstić information content (AvgIpc) is 2.91. The van der Waals surface area contributed by atoms with Crippen LogP contribution in [-0.4, -0.2) is 33.4 Å². The van der Waals surface area contributed by atoms with Crippen LogP contribution >= 0.6 is 0 Å². The SMILES string of the molecule is CCC(CC)CN(CC)C(=O)c1cc(C)n(-c2cccnc2)c1C. The molecular formula is C20H29N3O. The Morgan fingerprint density at radius 2 is 1.96 bits per heavy atom. The monoisotopic (exact) mass is 327 g/mol. The Balaban J connectivity index is 2.33. The highest BCUT2D eigenvalue weighted by Gasteiger charge is 2.22. The highest BCUT2D eigenvalue weighted by Crippen LogP contribution is 2.22. The summed E-state index contributed by atoms with van der Waals surface area (Å²) in [7, 11) is 0. The van der Waals surface area contributed by atoms with Crippen LogP contribution < -0.4 is 0 Å². The number of aryl methyl sites for hydroxylation is 1. The van der Waals surface area contributed by atoms with Crippen molar-refractivity contribution < 1.29 is 4.79 Å². The molecule has 0 aliphatic heterocycles. The molecule has 0 fully saturated rings. The van der Waals surface area contributed by atoms with E-state index in [0.29, 0.717) is 5.92 Å². The molecule has 0 aliphatic rings. The quantitative estimate of drug-likeness (QED) is 0.756. The Morgan fingerprint density at radius 3 is 2.50 bits per heavy atom. The van der Waals surface area contributed by atoms with Crippen LogP contribution in [0.4, 0.5) is 0 Å². The van der Waals surface area contributed by atoms with Crippen LogP contribution in [0.1, 0.15) is 55.4 Å². The fourth-order valence-corrected chi connectivity index (χ4v) is 3.25. The summed E-state index contributed by atoms with van der Waals surface area (Å²) in [5.74, 6) is 0.698. The van der Waals surface area contributed by atoms with Gasteiger partial charge in [-0.25, -0.2) is 0 Å². The van der Waals surface area contributed by atoms with Crippen molar-refractivity contribution in [2.24, 2.45) is 5.92 Å². The first-order chi connectivity index (χ1) is 11.5. The highest BCUT2D eigenvalue weighted by molar-refractivity contribution is 5.96. The van der Waals surface area contributed by atoms with E-state index in [2.05, 4.69) is 30.3 Å². The van der Waals surface area contributed by atoms with Gasteiger partial charge in [-0.2, -0.15) is 0 Å². The standard InChI is InChI=1S/C20H29N3O/c1-6-17(7-2)14-22(8-3)20(24)19-12-15(4)23(16(19)5)18-10-9-11-21-13-18/h9-13,17H,6-8,14H2,1-5H3. The Kier molecular flexibility index (Phi) is 6.18. The molecule has 24 heavy (non-hydrogen) atoms. The van der Waals surface area contributed by atoms with E-state index in [1.54, 1.807) is 6.20 Å². The van der Waals surface area contributed by atoms with Crippen molar-refractivity contribution >= 4 is 5.91 Å². The van der Waals surface area contributed by atoms with E-state index < -0.39 is 0 Å². The van der Waals surface area contributed by atoms with Crippen LogP contribution in [0.25, 0.3) is 5.69 Å². The van der Waals surface area contributed by atoms with Gasteiger partial charge in [-0.3, -0.25) is 9.78 Å². The zero-order valence-corrected chi connectivity index (χ0v) is 15.5. The second kappa shape index (κ2) is 8.13. The molecule has 2 rings (SSSR count). The van der Waals surface area contributed by atoms with Gasteiger partial charge in [0, 0.05) is 30.7 Å². The number of rotatable bonds is 7. The largest absolute Gasteiger partial charge is 0.339 e. The zero-order valence-electron chi connectivity index (χ0n) is 15.5. The van der Waals surface area contributed by atoms with Crippen molar-refractivity contribution in [2.45, 2.75) is 47.5 Å². The lowest BCUT2D eigenvalue weighted by Crippen LogP contribution is -2.35. The molecule has 4 nitrogen and oxygen atoms in total. The van der Waals surface area contributed by atoms with Gasteiger partial charge in [0.05, 0.1) is 17.4 Å². The van der Waals surface area contributed by atoms with Crippen LogP contribution in [0.3, 0.4) is 0 Å². The Bertz CT molecular complexity index is 672. The molecule has 0 atom stereocenters. The minimum Gasteiger partial charge on any atom is -0.339 e. The summed E-state index contributed by atoms with van der Waals surface area (Å²) in [4.78, 5) is 19.2. The number of carbonyl (C=O) groups excluding carboxylic acids is 1. The summed E-state index contributed by atoms with van der Waals surface area (Å²) >= 11 is 0. The molecule has 0 spiro atoms. The minimum atomic E-state index is 0.132. The van der Waals surface area contributed by atoms with Gasteiger partial charge in [0.15, 0.2) is 0 Å². The number of carbonyl (C=O) groups is 1. The van der Waals surface area contributed by atoms with Gasteiger partial charge in [0.2, 0.25) is 0 Å². The first-order valence-corrected chi connectivity index (χ1v) is 8.91. The highest BCUT2D eigenvalue weighted by atomic mass is 16.2. The van der Waals surface area contributed by atoms with Crippen LogP contribution in [0.2, 0.25) is 0 Å². The van der Waals surface area contributed by atoms with Crippen molar-refractivity contribution in [1.82, 2.24) is 14.5 Å². The molecule has 0 aliphatic carbocycles. The zero-order chi connectivity index (χ0) is 17.7. The lowest BCUT2D eigenvalue weighted by atomic mass is 10.0. The lowest BCUT2D eigenvalue weighted by molar-refractivity contribution is 0.0734. The first kappa shape index (κ1) is 18.2. The number of hydrogen-bond acceptors (Lipinski definition) is 2. The van der Waals surface area contributed by atoms with E-state index in [1.807, 2.05) is 43.1 Å². The van der Waals surface area contributed by atoms with Crippen molar-refractivity contribution in [3.63, 3.8) is 0 Å². The van der Waals surface area contributed by atoms with Crippen LogP contribution in [0.15, 0.2) is 30.6 Å². The van der Waals surface area contributed by atoms with E-state index in [-0.39, 0.29) is 5.91 Å². The molecule has 0 radical (unpaired) electrons. The van der Waals surface area contributed by atoms with Crippen molar-refractivity contribution in [3.8, 4) is 5.69 Å². The van der Waals surface area contributed by atoms with E-state index in [4.69, 9.17) is 0 Å². The third kappa shape index (κ3) is 3.69. The summed E-state index contributed by atoms with van der Waals surface area (Å²) in [6.07, 6.45) is 5.80. The summed E-state index contributed by atoms with van der Waals surface area (Å²) in [6, 6.07) is 5.93. The van der Waals surface area contributed by atoms with Gasteiger partial charge in [0.1, 0.15) is 0 Å². The Hall–Kier alpha value is -2.10. The molecule has 2 aromatic rings. The molecule has 2 aromatic heterocycles. The third-order valence-electron chi connectivity index (χ3n) is 4.87. The Morgan fingerprint density at radius 1 is 1.25 bits per heavy atom. The molecule has 0 aromatic carbocycles. The molecule has 4 heteroatoms. The molecule has 2 heterocycles. The number of pyridine rings is 1. The molecule has 0 saturated carbocycles. The van der Waals surface area contributed by atoms with Gasteiger partial charge in [0.25, 0.3) is 5.91 Å². The van der Waals surface area contributed by atoms with E-state index in [9.17, 15) is 4.79 Å². The van der Waals surface area contributed by atoms with Gasteiger partial charge in [-0.15, -0.1) is 0 Å². The van der Waals surface area contributed by atoms with Gasteiger partial charge in [-0.05, 0) is 44.9 Å². The summed E-state index contributed by atoms with van der Waals surface area (Å²) in [5, 5.41) is 0. The minimum absolute atomic E-state index is 0.132. The molecule has 0 bridgehead atoms. The smallest absolute Gasteiger partial charge is 0.255 e. The predicted octanol–water partition coefficient (Wildman–Crippen LogP) is 4.39. The molecule has 130 valence electrons. The molecule has 1 amide bonds. The molecule has 0 N–H and O–H groups in total. The topological polar surface area (TPSA) is 38.1 Å². The maximum atomic E-state index is 13.1. The van der Waals surface area contributed by atoms with E-state index >= 15 is 0 Å². The second-order valence-electron chi connectivity index (χ2n) is 6.36. The van der Waals surface area contributed by atoms with Gasteiger partial charge >= 0.3 is 0 Å². The molecule has 0 saturated heterocycles. The van der Waals surface area contributed by atoms with Crippen molar-refractivity contribution in [3.05, 3.63) is 47.5 Å². The first-order valence-electron chi connectivity index (χ1n) is 8.91. The van der Waals surface area contributed by atoms with Gasteiger partial charge in [-0.1, -0.05) is 26.7 Å². The lowest BCUT2D eigenvalue weighted by Gasteiger charge is -2.25. The second-order valence-corrected chi connectivity index (χ2v) is 6.36. The normalized spacial score (nSPS) is 11.1. The fraction of sp³-hybridized carbons (Fsp3) is 0.500. The molecular weight excluding hydrogens is 298 g/mol. The predicted molar refractivity (Wildman–Crippen MR) is 98.7 cm³/mol. The van der Waals surface area contributed by atoms with Crippen molar-refractivity contribution in [1.29, 1.82) is 0 Å². The number of amides is 1. The van der Waals surface area contributed by atoms with E-state index in [1.165, 1.54) is 0 Å². The fourth-order valence-electron chi connectivity index (χ4n) is 3.25. The summed E-state index contributed by atoms with van der Waals surface area (Å²) in [6.45, 7) is 12.1. The van der Waals surface area contributed by atoms with Crippen LogP contribution in [-0.2, 0) is 0 Å². The van der Waals surface area contributed by atoms with Gasteiger partial charge < -0.3 is 9.47 Å². The molecule has 0 unspecified atom stereocenters. The maximum Gasteiger partial charge on any atom is 0.255 e. The maximum absolute atomic E-state index is 13.1. The summed E-state index contributed by atoms with van der Waals surface area (Å²) in [5.41, 5.74) is 3.83.